The van der Waals surface area contributed by atoms with Crippen LogP contribution in [0, 0.1) is 21.0 Å². The van der Waals surface area contributed by atoms with E-state index in [2.05, 4.69) is 60.8 Å². The zero-order chi connectivity index (χ0) is 25.8. The van der Waals surface area contributed by atoms with Gasteiger partial charge in [0.1, 0.15) is 10.1 Å². The van der Waals surface area contributed by atoms with Crippen LogP contribution in [0.15, 0.2) is 77.7 Å². The average molecular weight is 609 g/mol. The molecule has 3 rings (SSSR count). The monoisotopic (exact) mass is 608 g/mol. The number of carbonyl (C=O) groups excluding carboxylic acids is 1. The second-order valence-corrected chi connectivity index (χ2v) is 12.2. The predicted molar refractivity (Wildman–Crippen MR) is 134 cm³/mol. The van der Waals surface area contributed by atoms with Gasteiger partial charge in [-0.3, -0.25) is 0 Å². The smallest absolute Gasteiger partial charge is 0.358 e. The quantitative estimate of drug-likeness (QED) is 0.311. The summed E-state index contributed by atoms with van der Waals surface area (Å²) in [5.41, 5.74) is 3.58. The maximum absolute atomic E-state index is 12.0. The zero-order valence-corrected chi connectivity index (χ0v) is 23.6. The van der Waals surface area contributed by atoms with E-state index in [1.807, 2.05) is 25.7 Å². The lowest BCUT2D eigenvalue weighted by molar-refractivity contribution is -0.598. The van der Waals surface area contributed by atoms with E-state index in [1.165, 1.54) is 30.4 Å². The molecule has 0 saturated carbocycles. The fraction of sp³-hybridized carbons (Fsp3) is 0.296. The van der Waals surface area contributed by atoms with Gasteiger partial charge in [0, 0.05) is 25.2 Å². The highest BCUT2D eigenvalue weighted by Gasteiger charge is 2.19. The molecule has 6 nitrogen and oxygen atoms in total. The Kier molecular flexibility index (Phi) is 11.7. The van der Waals surface area contributed by atoms with E-state index in [-0.39, 0.29) is 32.1 Å². The summed E-state index contributed by atoms with van der Waals surface area (Å²) >= 11 is -0.182. The third-order valence-electron chi connectivity index (χ3n) is 5.21. The van der Waals surface area contributed by atoms with Crippen LogP contribution >= 0.6 is 0 Å². The van der Waals surface area contributed by atoms with Gasteiger partial charge in [0.25, 0.3) is 0 Å². The molecule has 8 heteroatoms. The number of benzene rings is 3. The number of hydrogen-bond acceptors (Lipinski definition) is 4. The highest BCUT2D eigenvalue weighted by atomic mass is 127. The molecule has 0 fully saturated rings. The lowest BCUT2D eigenvalue weighted by Crippen LogP contribution is -3.61. The van der Waals surface area contributed by atoms with Crippen LogP contribution in [0.3, 0.4) is 0 Å². The lowest BCUT2D eigenvalue weighted by Gasteiger charge is -2.19. The summed E-state index contributed by atoms with van der Waals surface area (Å²) in [5.74, 6) is 0. The van der Waals surface area contributed by atoms with Crippen molar-refractivity contribution in [3.63, 3.8) is 0 Å². The fourth-order valence-corrected chi connectivity index (χ4v) is 6.18. The van der Waals surface area contributed by atoms with E-state index in [0.717, 1.165) is 25.1 Å². The highest BCUT2D eigenvalue weighted by molar-refractivity contribution is 7.85. The van der Waals surface area contributed by atoms with Crippen molar-refractivity contribution in [2.24, 2.45) is 0 Å². The van der Waals surface area contributed by atoms with Gasteiger partial charge in [0.2, 0.25) is 0 Å². The zero-order valence-electron chi connectivity index (χ0n) is 20.6. The summed E-state index contributed by atoms with van der Waals surface area (Å²) in [7, 11) is -4.27. The molecule has 0 atom stereocenters. The second-order valence-electron chi connectivity index (χ2n) is 7.90. The van der Waals surface area contributed by atoms with E-state index in [0.29, 0.717) is 6.54 Å². The Balaban J connectivity index is 0.000000328. The van der Waals surface area contributed by atoms with Gasteiger partial charge in [0.15, 0.2) is 7.14 Å². The minimum atomic E-state index is -4.27. The van der Waals surface area contributed by atoms with E-state index in [4.69, 9.17) is 0 Å². The van der Waals surface area contributed by atoms with Gasteiger partial charge in [0.05, 0.1) is 4.90 Å². The number of amides is 2. The van der Waals surface area contributed by atoms with Gasteiger partial charge in [-0.2, -0.15) is 0 Å². The average Bonchev–Trinajstić information content (AvgIpc) is 2.82. The molecular formula is C27H33IN2O4S. The third-order valence-corrected chi connectivity index (χ3v) is 9.04. The number of aryl methyl sites for hydroxylation is 2. The summed E-state index contributed by atoms with van der Waals surface area (Å²) in [4.78, 5) is 13.7. The molecule has 1 N–H and O–H groups in total. The van der Waals surface area contributed by atoms with Gasteiger partial charge >= 0.3 is 27.2 Å². The van der Waals surface area contributed by atoms with Gasteiger partial charge in [-0.1, -0.05) is 53.6 Å². The standard InChI is InChI=1S/C20H25IN2O.C7H8O3S/c1-4-23(5-2)20(24)22-15-14-17-8-6-7-9-19(17)21-18-12-10-16(3)11-13-18;1-6-2-4-7(5-3-6)11(8,9)10/h6-13H,4-5,14-15H2,1-3H3;2-5H,1H3,(H,8,9,10). The van der Waals surface area contributed by atoms with E-state index < -0.39 is 10.1 Å². The van der Waals surface area contributed by atoms with Crippen LogP contribution in [-0.2, 0) is 16.5 Å². The molecule has 3 aromatic carbocycles. The first kappa shape index (κ1) is 28.8. The molecule has 0 saturated heterocycles. The molecule has 0 aliphatic heterocycles. The van der Waals surface area contributed by atoms with Crippen LogP contribution in [0.4, 0.5) is 4.79 Å². The number of urea groups is 1. The Hall–Kier alpha value is -2.43. The Morgan fingerprint density at radius 1 is 0.886 bits per heavy atom. The van der Waals surface area contributed by atoms with Crippen molar-refractivity contribution in [1.82, 2.24) is 10.2 Å². The first-order valence-electron chi connectivity index (χ1n) is 11.5. The summed E-state index contributed by atoms with van der Waals surface area (Å²) in [6, 6.07) is 23.3. The summed E-state index contributed by atoms with van der Waals surface area (Å²) in [6.07, 6.45) is 0.884. The molecule has 0 aliphatic carbocycles. The number of halogens is 1. The summed E-state index contributed by atoms with van der Waals surface area (Å²) < 4.78 is 34.0. The van der Waals surface area contributed by atoms with Crippen molar-refractivity contribution in [3.05, 3.63) is 96.6 Å². The third kappa shape index (κ3) is 9.99. The van der Waals surface area contributed by atoms with Crippen LogP contribution in [0.1, 0.15) is 30.5 Å². The largest absolute Gasteiger partial charge is 0.744 e. The number of hydrogen-bond donors (Lipinski definition) is 1. The molecule has 0 heterocycles. The van der Waals surface area contributed by atoms with Gasteiger partial charge in [-0.15, -0.1) is 0 Å². The van der Waals surface area contributed by atoms with Crippen molar-refractivity contribution < 1.29 is 39.0 Å². The van der Waals surface area contributed by atoms with E-state index in [9.17, 15) is 17.8 Å². The van der Waals surface area contributed by atoms with Gasteiger partial charge in [-0.05, 0) is 64.4 Å². The second kappa shape index (κ2) is 14.2. The SMILES string of the molecule is CCN(CC)C(=O)NCCc1ccccc1[I+]c1ccc(C)cc1.Cc1ccc(S(=O)(=O)[O-])cc1. The number of carbonyl (C=O) groups is 1. The van der Waals surface area contributed by atoms with E-state index >= 15 is 0 Å². The summed E-state index contributed by atoms with van der Waals surface area (Å²) in [6.45, 7) is 10.1. The predicted octanol–water partition coefficient (Wildman–Crippen LogP) is 1.62. The summed E-state index contributed by atoms with van der Waals surface area (Å²) in [5, 5.41) is 3.03. The van der Waals surface area contributed by atoms with Crippen molar-refractivity contribution >= 4 is 16.1 Å². The Labute approximate surface area is 219 Å². The maximum atomic E-state index is 12.0. The van der Waals surface area contributed by atoms with Crippen molar-refractivity contribution in [2.75, 3.05) is 19.6 Å². The topological polar surface area (TPSA) is 89.5 Å². The van der Waals surface area contributed by atoms with Crippen LogP contribution in [0.25, 0.3) is 0 Å². The van der Waals surface area contributed by atoms with Crippen LogP contribution in [0.2, 0.25) is 0 Å². The van der Waals surface area contributed by atoms with E-state index in [1.54, 1.807) is 12.1 Å². The van der Waals surface area contributed by atoms with Crippen molar-refractivity contribution in [1.29, 1.82) is 0 Å². The molecule has 3 aromatic rings. The Morgan fingerprint density at radius 3 is 1.97 bits per heavy atom. The van der Waals surface area contributed by atoms with Crippen molar-refractivity contribution in [3.8, 4) is 0 Å². The first-order chi connectivity index (χ1) is 16.6. The Bertz CT molecular complexity index is 1180. The number of rotatable bonds is 8. The lowest BCUT2D eigenvalue weighted by atomic mass is 10.1. The molecular weight excluding hydrogens is 575 g/mol. The van der Waals surface area contributed by atoms with Gasteiger partial charge in [-0.25, -0.2) is 13.2 Å². The van der Waals surface area contributed by atoms with Crippen LogP contribution in [-0.4, -0.2) is 43.5 Å². The highest BCUT2D eigenvalue weighted by Crippen LogP contribution is 2.08. The normalized spacial score (nSPS) is 10.8. The molecule has 0 bridgehead atoms. The Morgan fingerprint density at radius 2 is 1.43 bits per heavy atom. The number of nitrogens with one attached hydrogen (secondary N) is 1. The van der Waals surface area contributed by atoms with Crippen LogP contribution < -0.4 is 26.5 Å². The minimum absolute atomic E-state index is 0.0331. The van der Waals surface area contributed by atoms with Crippen LogP contribution in [0.5, 0.6) is 0 Å². The fourth-order valence-electron chi connectivity index (χ4n) is 3.14. The first-order valence-corrected chi connectivity index (χ1v) is 15.0. The molecule has 0 aliphatic rings. The molecule has 2 amide bonds. The van der Waals surface area contributed by atoms with Crippen molar-refractivity contribution in [2.45, 2.75) is 39.0 Å². The molecule has 0 unspecified atom stereocenters. The number of nitrogens with zero attached hydrogens (tertiary/aromatic N) is 1. The molecule has 0 aromatic heterocycles. The molecule has 188 valence electrons. The maximum Gasteiger partial charge on any atom is 0.358 e. The van der Waals surface area contributed by atoms with Gasteiger partial charge < -0.3 is 14.8 Å². The molecule has 0 radical (unpaired) electrons. The minimum Gasteiger partial charge on any atom is -0.744 e. The molecule has 0 spiro atoms. The molecule has 35 heavy (non-hydrogen) atoms.